The van der Waals surface area contributed by atoms with Crippen LogP contribution in [0.15, 0.2) is 18.2 Å². The molecule has 2 rings (SSSR count). The third kappa shape index (κ3) is 1.36. The fourth-order valence-electron chi connectivity index (χ4n) is 1.39. The van der Waals surface area contributed by atoms with Gasteiger partial charge in [0.25, 0.3) is 0 Å². The van der Waals surface area contributed by atoms with E-state index in [1.807, 2.05) is 20.8 Å². The summed E-state index contributed by atoms with van der Waals surface area (Å²) in [6.45, 7) is 6.10. The van der Waals surface area contributed by atoms with Gasteiger partial charge in [-0.25, -0.2) is 9.07 Å². The zero-order chi connectivity index (χ0) is 10.3. The molecule has 0 atom stereocenters. The van der Waals surface area contributed by atoms with Gasteiger partial charge in [0.15, 0.2) is 0 Å². The van der Waals surface area contributed by atoms with Gasteiger partial charge in [-0.3, -0.25) is 0 Å². The molecule has 1 aromatic carbocycles. The van der Waals surface area contributed by atoms with Crippen molar-refractivity contribution in [3.05, 3.63) is 24.0 Å². The van der Waals surface area contributed by atoms with Gasteiger partial charge in [0.05, 0.1) is 11.1 Å². The van der Waals surface area contributed by atoms with Crippen LogP contribution in [0.4, 0.5) is 4.39 Å². The van der Waals surface area contributed by atoms with Crippen molar-refractivity contribution in [2.24, 2.45) is 0 Å². The van der Waals surface area contributed by atoms with Crippen LogP contribution in [-0.4, -0.2) is 15.0 Å². The Morgan fingerprint density at radius 1 is 1.29 bits per heavy atom. The van der Waals surface area contributed by atoms with E-state index >= 15 is 0 Å². The summed E-state index contributed by atoms with van der Waals surface area (Å²) in [5.74, 6) is -0.279. The zero-order valence-electron chi connectivity index (χ0n) is 8.45. The van der Waals surface area contributed by atoms with Crippen molar-refractivity contribution < 1.29 is 4.39 Å². The number of benzene rings is 1. The molecule has 0 saturated heterocycles. The molecule has 0 unspecified atom stereocenters. The highest BCUT2D eigenvalue weighted by Gasteiger charge is 2.17. The van der Waals surface area contributed by atoms with E-state index < -0.39 is 0 Å². The molecular weight excluding hydrogens is 181 g/mol. The van der Waals surface area contributed by atoms with Crippen LogP contribution < -0.4 is 0 Å². The van der Waals surface area contributed by atoms with Crippen LogP contribution >= 0.6 is 0 Å². The van der Waals surface area contributed by atoms with Crippen LogP contribution in [-0.2, 0) is 5.54 Å². The summed E-state index contributed by atoms with van der Waals surface area (Å²) < 4.78 is 14.7. The van der Waals surface area contributed by atoms with E-state index in [0.717, 1.165) is 5.52 Å². The second kappa shape index (κ2) is 2.77. The average Bonchev–Trinajstić information content (AvgIpc) is 2.45. The quantitative estimate of drug-likeness (QED) is 0.642. The molecule has 0 saturated carbocycles. The molecule has 0 aliphatic carbocycles. The molecule has 14 heavy (non-hydrogen) atoms. The summed E-state index contributed by atoms with van der Waals surface area (Å²) in [5, 5.41) is 7.93. The number of nitrogens with zero attached hydrogens (tertiary/aromatic N) is 3. The monoisotopic (exact) mass is 193 g/mol. The first-order chi connectivity index (χ1) is 6.48. The van der Waals surface area contributed by atoms with Crippen molar-refractivity contribution in [1.29, 1.82) is 0 Å². The third-order valence-corrected chi connectivity index (χ3v) is 2.04. The number of hydrogen-bond donors (Lipinski definition) is 0. The highest BCUT2D eigenvalue weighted by molar-refractivity contribution is 5.74. The maximum Gasteiger partial charge on any atom is 0.125 e. The van der Waals surface area contributed by atoms with Crippen LogP contribution in [0.25, 0.3) is 11.0 Å². The summed E-state index contributed by atoms with van der Waals surface area (Å²) in [7, 11) is 0. The van der Waals surface area contributed by atoms with Gasteiger partial charge in [-0.1, -0.05) is 5.21 Å². The summed E-state index contributed by atoms with van der Waals surface area (Å²) in [5.41, 5.74) is 1.32. The van der Waals surface area contributed by atoms with Crippen molar-refractivity contribution in [2.45, 2.75) is 26.3 Å². The van der Waals surface area contributed by atoms with Crippen LogP contribution in [0, 0.1) is 5.82 Å². The van der Waals surface area contributed by atoms with Gasteiger partial charge in [0.2, 0.25) is 0 Å². The molecule has 4 heteroatoms. The normalized spacial score (nSPS) is 12.3. The molecule has 0 amide bonds. The van der Waals surface area contributed by atoms with Crippen molar-refractivity contribution in [1.82, 2.24) is 15.0 Å². The Labute approximate surface area is 81.5 Å². The van der Waals surface area contributed by atoms with Gasteiger partial charge < -0.3 is 0 Å². The van der Waals surface area contributed by atoms with Gasteiger partial charge in [0, 0.05) is 6.07 Å². The average molecular weight is 193 g/mol. The molecule has 0 radical (unpaired) electrons. The van der Waals surface area contributed by atoms with Crippen molar-refractivity contribution >= 4 is 11.0 Å². The molecule has 2 aromatic rings. The van der Waals surface area contributed by atoms with Crippen LogP contribution in [0.2, 0.25) is 0 Å². The maximum atomic E-state index is 12.9. The molecule has 0 fully saturated rings. The Hall–Kier alpha value is -1.45. The lowest BCUT2D eigenvalue weighted by Crippen LogP contribution is -2.22. The highest BCUT2D eigenvalue weighted by atomic mass is 19.1. The van der Waals surface area contributed by atoms with Gasteiger partial charge in [-0.05, 0) is 32.9 Å². The minimum atomic E-state index is -0.279. The summed E-state index contributed by atoms with van der Waals surface area (Å²) in [6.07, 6.45) is 0. The Bertz CT molecular complexity index is 468. The van der Waals surface area contributed by atoms with Crippen molar-refractivity contribution in [3.63, 3.8) is 0 Å². The number of hydrogen-bond acceptors (Lipinski definition) is 2. The molecule has 0 spiro atoms. The molecule has 0 aliphatic heterocycles. The molecule has 0 N–H and O–H groups in total. The van der Waals surface area contributed by atoms with E-state index in [1.54, 1.807) is 10.7 Å². The van der Waals surface area contributed by atoms with E-state index in [2.05, 4.69) is 10.3 Å². The molecule has 74 valence electrons. The minimum absolute atomic E-state index is 0.132. The number of rotatable bonds is 0. The first kappa shape index (κ1) is 9.12. The van der Waals surface area contributed by atoms with Crippen molar-refractivity contribution in [3.8, 4) is 0 Å². The largest absolute Gasteiger partial charge is 0.239 e. The molecule has 1 aromatic heterocycles. The lowest BCUT2D eigenvalue weighted by molar-refractivity contribution is 0.358. The summed E-state index contributed by atoms with van der Waals surface area (Å²) in [4.78, 5) is 0. The highest BCUT2D eigenvalue weighted by Crippen LogP contribution is 2.20. The predicted octanol–water partition coefficient (Wildman–Crippen LogP) is 2.33. The molecule has 0 aliphatic rings. The van der Waals surface area contributed by atoms with Crippen molar-refractivity contribution in [2.75, 3.05) is 0 Å². The van der Waals surface area contributed by atoms with Gasteiger partial charge in [0.1, 0.15) is 11.3 Å². The second-order valence-electron chi connectivity index (χ2n) is 4.31. The SMILES string of the molecule is CC(C)(C)n1nnc2cc(F)ccc21. The van der Waals surface area contributed by atoms with E-state index in [9.17, 15) is 4.39 Å². The van der Waals surface area contributed by atoms with E-state index in [-0.39, 0.29) is 11.4 Å². The first-order valence-electron chi connectivity index (χ1n) is 4.50. The van der Waals surface area contributed by atoms with Gasteiger partial charge in [-0.2, -0.15) is 0 Å². The lowest BCUT2D eigenvalue weighted by atomic mass is 10.1. The van der Waals surface area contributed by atoms with E-state index in [0.29, 0.717) is 5.52 Å². The van der Waals surface area contributed by atoms with E-state index in [1.165, 1.54) is 12.1 Å². The molecule has 1 heterocycles. The molecule has 3 nitrogen and oxygen atoms in total. The predicted molar refractivity (Wildman–Crippen MR) is 52.5 cm³/mol. The maximum absolute atomic E-state index is 12.9. The fourth-order valence-corrected chi connectivity index (χ4v) is 1.39. The lowest BCUT2D eigenvalue weighted by Gasteiger charge is -2.18. The Kier molecular flexibility index (Phi) is 1.80. The van der Waals surface area contributed by atoms with Crippen LogP contribution in [0.3, 0.4) is 0 Å². The van der Waals surface area contributed by atoms with Gasteiger partial charge >= 0.3 is 0 Å². The van der Waals surface area contributed by atoms with Gasteiger partial charge in [-0.15, -0.1) is 5.10 Å². The molecule has 0 bridgehead atoms. The Morgan fingerprint density at radius 2 is 2.00 bits per heavy atom. The van der Waals surface area contributed by atoms with Crippen LogP contribution in [0.1, 0.15) is 20.8 Å². The number of fused-ring (bicyclic) bond motifs is 1. The third-order valence-electron chi connectivity index (χ3n) is 2.04. The Morgan fingerprint density at radius 3 is 2.64 bits per heavy atom. The Balaban J connectivity index is 2.70. The zero-order valence-corrected chi connectivity index (χ0v) is 8.45. The first-order valence-corrected chi connectivity index (χ1v) is 4.50. The standard InChI is InChI=1S/C10H12FN3/c1-10(2,3)14-9-5-4-7(11)6-8(9)12-13-14/h4-6H,1-3H3. The van der Waals surface area contributed by atoms with E-state index in [4.69, 9.17) is 0 Å². The minimum Gasteiger partial charge on any atom is -0.239 e. The summed E-state index contributed by atoms with van der Waals surface area (Å²) >= 11 is 0. The summed E-state index contributed by atoms with van der Waals surface area (Å²) in [6, 6.07) is 4.52. The fraction of sp³-hybridized carbons (Fsp3) is 0.400. The molecular formula is C10H12FN3. The topological polar surface area (TPSA) is 30.7 Å². The second-order valence-corrected chi connectivity index (χ2v) is 4.31. The number of aromatic nitrogens is 3. The number of halogens is 1. The van der Waals surface area contributed by atoms with Crippen LogP contribution in [0.5, 0.6) is 0 Å². The smallest absolute Gasteiger partial charge is 0.125 e.